The zero-order chi connectivity index (χ0) is 12.3. The summed E-state index contributed by atoms with van der Waals surface area (Å²) in [6, 6.07) is 4.17. The zero-order valence-electron chi connectivity index (χ0n) is 9.22. The van der Waals surface area contributed by atoms with Gasteiger partial charge < -0.3 is 10.6 Å². The van der Waals surface area contributed by atoms with Crippen LogP contribution in [-0.4, -0.2) is 13.1 Å². The molecule has 2 fully saturated rings. The van der Waals surface area contributed by atoms with Gasteiger partial charge in [0.15, 0.2) is 0 Å². The van der Waals surface area contributed by atoms with Crippen LogP contribution in [0.25, 0.3) is 0 Å². The molecule has 92 valence electrons. The molecule has 1 heterocycles. The van der Waals surface area contributed by atoms with Crippen LogP contribution >= 0.6 is 0 Å². The van der Waals surface area contributed by atoms with Crippen LogP contribution in [0.1, 0.15) is 18.4 Å². The number of nitrogens with two attached hydrogens (primary N) is 1. The Morgan fingerprint density at radius 3 is 2.35 bits per heavy atom. The lowest BCUT2D eigenvalue weighted by Crippen LogP contribution is -2.48. The van der Waals surface area contributed by atoms with E-state index < -0.39 is 11.7 Å². The highest BCUT2D eigenvalue weighted by molar-refractivity contribution is 5.61. The lowest BCUT2D eigenvalue weighted by Gasteiger charge is -2.42. The average molecular weight is 242 g/mol. The third-order valence-electron chi connectivity index (χ3n) is 3.72. The average Bonchev–Trinajstić information content (AvgIpc) is 2.94. The summed E-state index contributed by atoms with van der Waals surface area (Å²) in [6.45, 7) is 1.77. The Morgan fingerprint density at radius 1 is 1.18 bits per heavy atom. The molecule has 1 saturated heterocycles. The molecular formula is C12H13F3N2. The van der Waals surface area contributed by atoms with Crippen molar-refractivity contribution in [1.29, 1.82) is 0 Å². The van der Waals surface area contributed by atoms with Crippen LogP contribution in [0.2, 0.25) is 0 Å². The first-order valence-electron chi connectivity index (χ1n) is 5.61. The number of hydrogen-bond donors (Lipinski definition) is 1. The second kappa shape index (κ2) is 3.09. The lowest BCUT2D eigenvalue weighted by atomic mass is 9.95. The molecule has 1 spiro atoms. The van der Waals surface area contributed by atoms with Gasteiger partial charge in [-0.05, 0) is 31.0 Å². The van der Waals surface area contributed by atoms with Crippen molar-refractivity contribution in [1.82, 2.24) is 0 Å². The molecule has 0 aromatic heterocycles. The van der Waals surface area contributed by atoms with Crippen LogP contribution in [0.4, 0.5) is 24.5 Å². The molecular weight excluding hydrogens is 229 g/mol. The highest BCUT2D eigenvalue weighted by atomic mass is 19.4. The van der Waals surface area contributed by atoms with Gasteiger partial charge in [-0.2, -0.15) is 13.2 Å². The third-order valence-corrected chi connectivity index (χ3v) is 3.72. The summed E-state index contributed by atoms with van der Waals surface area (Å²) >= 11 is 0. The first-order chi connectivity index (χ1) is 7.90. The molecule has 1 aromatic rings. The van der Waals surface area contributed by atoms with Crippen LogP contribution < -0.4 is 10.6 Å². The number of benzene rings is 1. The van der Waals surface area contributed by atoms with Gasteiger partial charge in [-0.1, -0.05) is 0 Å². The molecule has 1 aliphatic heterocycles. The van der Waals surface area contributed by atoms with E-state index in [1.54, 1.807) is 6.07 Å². The maximum absolute atomic E-state index is 12.7. The third kappa shape index (κ3) is 1.73. The summed E-state index contributed by atoms with van der Waals surface area (Å²) in [4.78, 5) is 1.99. The predicted molar refractivity (Wildman–Crippen MR) is 59.7 cm³/mol. The van der Waals surface area contributed by atoms with Crippen LogP contribution in [0.3, 0.4) is 0 Å². The number of nitrogen functional groups attached to an aromatic ring is 1. The second-order valence-electron chi connectivity index (χ2n) is 5.13. The van der Waals surface area contributed by atoms with Gasteiger partial charge in [0.25, 0.3) is 0 Å². The monoisotopic (exact) mass is 242 g/mol. The highest BCUT2D eigenvalue weighted by Gasteiger charge is 2.52. The molecule has 3 rings (SSSR count). The first-order valence-corrected chi connectivity index (χ1v) is 5.61. The van der Waals surface area contributed by atoms with Gasteiger partial charge in [-0.15, -0.1) is 0 Å². The molecule has 0 bridgehead atoms. The normalized spacial score (nSPS) is 21.5. The molecule has 2 N–H and O–H groups in total. The molecule has 0 amide bonds. The van der Waals surface area contributed by atoms with E-state index in [1.807, 2.05) is 4.90 Å². The minimum atomic E-state index is -4.37. The summed E-state index contributed by atoms with van der Waals surface area (Å²) in [5.41, 5.74) is 5.49. The molecule has 1 aromatic carbocycles. The Bertz CT molecular complexity index is 455. The van der Waals surface area contributed by atoms with Gasteiger partial charge in [0.2, 0.25) is 0 Å². The minimum absolute atomic E-state index is 0.206. The van der Waals surface area contributed by atoms with Gasteiger partial charge in [-0.3, -0.25) is 0 Å². The fourth-order valence-corrected chi connectivity index (χ4v) is 2.43. The van der Waals surface area contributed by atoms with Gasteiger partial charge in [-0.25, -0.2) is 0 Å². The number of alkyl halides is 3. The van der Waals surface area contributed by atoms with Crippen molar-refractivity contribution in [3.8, 4) is 0 Å². The van der Waals surface area contributed by atoms with E-state index >= 15 is 0 Å². The van der Waals surface area contributed by atoms with E-state index in [4.69, 9.17) is 5.73 Å². The van der Waals surface area contributed by atoms with Crippen molar-refractivity contribution < 1.29 is 13.2 Å². The van der Waals surface area contributed by atoms with Gasteiger partial charge in [0.05, 0.1) is 5.56 Å². The fourth-order valence-electron chi connectivity index (χ4n) is 2.43. The standard InChI is InChI=1S/C12H13F3N2/c13-12(14,15)9-5-8(1-2-10(9)16)17-6-11(7-17)3-4-11/h1-2,5H,3-4,6-7,16H2. The Hall–Kier alpha value is -1.39. The van der Waals surface area contributed by atoms with E-state index in [-0.39, 0.29) is 5.69 Å². The van der Waals surface area contributed by atoms with E-state index in [9.17, 15) is 13.2 Å². The maximum Gasteiger partial charge on any atom is 0.418 e. The van der Waals surface area contributed by atoms with E-state index in [0.717, 1.165) is 19.2 Å². The molecule has 0 radical (unpaired) electrons. The molecule has 0 unspecified atom stereocenters. The summed E-state index contributed by atoms with van der Waals surface area (Å²) in [5.74, 6) is 0. The largest absolute Gasteiger partial charge is 0.418 e. The molecule has 2 aliphatic rings. The highest BCUT2D eigenvalue weighted by Crippen LogP contribution is 2.54. The minimum Gasteiger partial charge on any atom is -0.398 e. The van der Waals surface area contributed by atoms with E-state index in [2.05, 4.69) is 0 Å². The first kappa shape index (κ1) is 10.7. The van der Waals surface area contributed by atoms with Crippen LogP contribution in [0, 0.1) is 5.41 Å². The molecule has 1 aliphatic carbocycles. The lowest BCUT2D eigenvalue weighted by molar-refractivity contribution is -0.136. The summed E-state index contributed by atoms with van der Waals surface area (Å²) in [7, 11) is 0. The summed E-state index contributed by atoms with van der Waals surface area (Å²) < 4.78 is 38.0. The summed E-state index contributed by atoms with van der Waals surface area (Å²) in [6.07, 6.45) is -1.95. The number of rotatable bonds is 1. The van der Waals surface area contributed by atoms with E-state index in [1.165, 1.54) is 18.9 Å². The Labute approximate surface area is 97.2 Å². The summed E-state index contributed by atoms with van der Waals surface area (Å²) in [5, 5.41) is 0. The van der Waals surface area contributed by atoms with Gasteiger partial charge in [0.1, 0.15) is 0 Å². The Balaban J connectivity index is 1.86. The second-order valence-corrected chi connectivity index (χ2v) is 5.13. The number of nitrogens with zero attached hydrogens (tertiary/aromatic N) is 1. The van der Waals surface area contributed by atoms with Crippen LogP contribution in [0.15, 0.2) is 18.2 Å². The van der Waals surface area contributed by atoms with Crippen LogP contribution in [-0.2, 0) is 6.18 Å². The number of anilines is 2. The van der Waals surface area contributed by atoms with Crippen molar-refractivity contribution in [2.75, 3.05) is 23.7 Å². The molecule has 5 heteroatoms. The van der Waals surface area contributed by atoms with Gasteiger partial charge in [0, 0.05) is 29.9 Å². The van der Waals surface area contributed by atoms with Crippen LogP contribution in [0.5, 0.6) is 0 Å². The number of hydrogen-bond acceptors (Lipinski definition) is 2. The Morgan fingerprint density at radius 2 is 1.82 bits per heavy atom. The zero-order valence-corrected chi connectivity index (χ0v) is 9.22. The maximum atomic E-state index is 12.7. The van der Waals surface area contributed by atoms with Gasteiger partial charge >= 0.3 is 6.18 Å². The Kier molecular flexibility index (Phi) is 1.95. The SMILES string of the molecule is Nc1ccc(N2CC3(CC3)C2)cc1C(F)(F)F. The van der Waals surface area contributed by atoms with Crippen molar-refractivity contribution in [3.05, 3.63) is 23.8 Å². The van der Waals surface area contributed by atoms with Crippen molar-refractivity contribution in [3.63, 3.8) is 0 Å². The fraction of sp³-hybridized carbons (Fsp3) is 0.500. The number of halogens is 3. The topological polar surface area (TPSA) is 29.3 Å². The molecule has 1 saturated carbocycles. The van der Waals surface area contributed by atoms with Crippen molar-refractivity contribution in [2.45, 2.75) is 19.0 Å². The van der Waals surface area contributed by atoms with E-state index in [0.29, 0.717) is 11.1 Å². The van der Waals surface area contributed by atoms with Crippen molar-refractivity contribution >= 4 is 11.4 Å². The quantitative estimate of drug-likeness (QED) is 0.767. The molecule has 2 nitrogen and oxygen atoms in total. The molecule has 0 atom stereocenters. The predicted octanol–water partition coefficient (Wildman–Crippen LogP) is 2.89. The smallest absolute Gasteiger partial charge is 0.398 e. The van der Waals surface area contributed by atoms with Crippen molar-refractivity contribution in [2.24, 2.45) is 5.41 Å². The molecule has 17 heavy (non-hydrogen) atoms.